The van der Waals surface area contributed by atoms with Gasteiger partial charge in [0.2, 0.25) is 5.91 Å². The zero-order valence-corrected chi connectivity index (χ0v) is 14.6. The molecule has 0 radical (unpaired) electrons. The van der Waals surface area contributed by atoms with Crippen LogP contribution in [0.2, 0.25) is 0 Å². The Morgan fingerprint density at radius 1 is 1.15 bits per heavy atom. The summed E-state index contributed by atoms with van der Waals surface area (Å²) in [5.41, 5.74) is 1.01. The lowest BCUT2D eigenvalue weighted by atomic mass is 10.0. The van der Waals surface area contributed by atoms with Gasteiger partial charge < -0.3 is 25.4 Å². The number of nitrogens with one attached hydrogen (secondary N) is 2. The second-order valence-corrected chi connectivity index (χ2v) is 6.14. The number of carbonyl (C=O) groups excluding carboxylic acids is 2. The number of carbonyl (C=O) groups is 3. The summed E-state index contributed by atoms with van der Waals surface area (Å²) in [5, 5.41) is 14.2. The summed E-state index contributed by atoms with van der Waals surface area (Å²) < 4.78 is 5.19. The van der Waals surface area contributed by atoms with Crippen LogP contribution in [0.3, 0.4) is 0 Å². The highest BCUT2D eigenvalue weighted by molar-refractivity contribution is 5.84. The molecule has 0 bridgehead atoms. The van der Waals surface area contributed by atoms with E-state index in [1.165, 1.54) is 0 Å². The average Bonchev–Trinajstić information content (AvgIpc) is 2.65. The minimum atomic E-state index is -0.909. The number of amides is 3. The molecule has 3 N–H and O–H groups in total. The molecule has 1 aliphatic heterocycles. The number of carboxylic acid groups (broad SMARTS) is 1. The van der Waals surface area contributed by atoms with Crippen molar-refractivity contribution in [1.82, 2.24) is 15.5 Å². The van der Waals surface area contributed by atoms with Gasteiger partial charge in [-0.3, -0.25) is 9.59 Å². The summed E-state index contributed by atoms with van der Waals surface area (Å²) in [6.07, 6.45) is 0.804. The molecule has 0 aliphatic carbocycles. The first kappa shape index (κ1) is 19.7. The molecule has 1 heterocycles. The number of hydrogen-bond donors (Lipinski definition) is 3. The standard InChI is InChI=1S/C18H25N3O5/c22-16(21-8-10-26-11-9-21)13-19-18(25)20-15(6-7-17(23)24)12-14-4-2-1-3-5-14/h1-5,15H,6-13H2,(H,23,24)(H2,19,20,25). The summed E-state index contributed by atoms with van der Waals surface area (Å²) in [6, 6.07) is 8.73. The predicted octanol–water partition coefficient (Wildman–Crippen LogP) is 0.621. The van der Waals surface area contributed by atoms with Crippen molar-refractivity contribution < 1.29 is 24.2 Å². The number of aliphatic carboxylic acids is 1. The second kappa shape index (κ2) is 10.4. The van der Waals surface area contributed by atoms with E-state index in [0.717, 1.165) is 5.56 Å². The maximum absolute atomic E-state index is 12.1. The van der Waals surface area contributed by atoms with Gasteiger partial charge in [0.15, 0.2) is 0 Å². The number of hydrogen-bond acceptors (Lipinski definition) is 4. The van der Waals surface area contributed by atoms with Gasteiger partial charge in [0, 0.05) is 25.6 Å². The first-order valence-corrected chi connectivity index (χ1v) is 8.70. The highest BCUT2D eigenvalue weighted by Crippen LogP contribution is 2.08. The fraction of sp³-hybridized carbons (Fsp3) is 0.500. The molecule has 0 spiro atoms. The predicted molar refractivity (Wildman–Crippen MR) is 94.7 cm³/mol. The first-order chi connectivity index (χ1) is 12.5. The van der Waals surface area contributed by atoms with Crippen molar-refractivity contribution in [1.29, 1.82) is 0 Å². The highest BCUT2D eigenvalue weighted by Gasteiger charge is 2.19. The normalized spacial score (nSPS) is 15.2. The van der Waals surface area contributed by atoms with Gasteiger partial charge in [0.1, 0.15) is 0 Å². The number of benzene rings is 1. The summed E-state index contributed by atoms with van der Waals surface area (Å²) in [7, 11) is 0. The van der Waals surface area contributed by atoms with Gasteiger partial charge in [-0.1, -0.05) is 30.3 Å². The van der Waals surface area contributed by atoms with Gasteiger partial charge in [-0.2, -0.15) is 0 Å². The van der Waals surface area contributed by atoms with Crippen LogP contribution in [0.25, 0.3) is 0 Å². The Morgan fingerprint density at radius 2 is 1.85 bits per heavy atom. The van der Waals surface area contributed by atoms with Crippen LogP contribution in [0.4, 0.5) is 4.79 Å². The van der Waals surface area contributed by atoms with Crippen LogP contribution in [-0.4, -0.2) is 66.8 Å². The molecule has 142 valence electrons. The summed E-state index contributed by atoms with van der Waals surface area (Å²) in [5.74, 6) is -1.07. The molecular weight excluding hydrogens is 338 g/mol. The fourth-order valence-electron chi connectivity index (χ4n) is 2.74. The molecule has 1 fully saturated rings. The maximum Gasteiger partial charge on any atom is 0.315 e. The molecule has 0 aromatic heterocycles. The van der Waals surface area contributed by atoms with Crippen LogP contribution >= 0.6 is 0 Å². The lowest BCUT2D eigenvalue weighted by molar-refractivity contribution is -0.137. The molecule has 0 saturated carbocycles. The molecular formula is C18H25N3O5. The average molecular weight is 363 g/mol. The van der Waals surface area contributed by atoms with E-state index < -0.39 is 12.0 Å². The van der Waals surface area contributed by atoms with Gasteiger partial charge in [-0.25, -0.2) is 4.79 Å². The molecule has 1 atom stereocenters. The lowest BCUT2D eigenvalue weighted by Crippen LogP contribution is -2.49. The van der Waals surface area contributed by atoms with E-state index in [0.29, 0.717) is 39.1 Å². The van der Waals surface area contributed by atoms with Gasteiger partial charge in [0.25, 0.3) is 0 Å². The summed E-state index contributed by atoms with van der Waals surface area (Å²) in [4.78, 5) is 36.6. The third kappa shape index (κ3) is 7.10. The van der Waals surface area contributed by atoms with Gasteiger partial charge in [-0.15, -0.1) is 0 Å². The van der Waals surface area contributed by atoms with Crippen LogP contribution in [0.1, 0.15) is 18.4 Å². The van der Waals surface area contributed by atoms with Crippen LogP contribution in [0, 0.1) is 0 Å². The molecule has 2 rings (SSSR count). The third-order valence-corrected chi connectivity index (χ3v) is 4.13. The Hall–Kier alpha value is -2.61. The summed E-state index contributed by atoms with van der Waals surface area (Å²) >= 11 is 0. The highest BCUT2D eigenvalue weighted by atomic mass is 16.5. The van der Waals surface area contributed by atoms with Crippen molar-refractivity contribution in [2.75, 3.05) is 32.8 Å². The molecule has 3 amide bonds. The van der Waals surface area contributed by atoms with Gasteiger partial charge >= 0.3 is 12.0 Å². The molecule has 8 heteroatoms. The van der Waals surface area contributed by atoms with E-state index in [1.54, 1.807) is 4.90 Å². The number of urea groups is 1. The Labute approximate surface area is 152 Å². The zero-order valence-electron chi connectivity index (χ0n) is 14.6. The molecule has 26 heavy (non-hydrogen) atoms. The van der Waals surface area contributed by atoms with E-state index >= 15 is 0 Å². The van der Waals surface area contributed by atoms with E-state index in [9.17, 15) is 14.4 Å². The molecule has 1 aliphatic rings. The van der Waals surface area contributed by atoms with E-state index in [4.69, 9.17) is 9.84 Å². The monoisotopic (exact) mass is 363 g/mol. The SMILES string of the molecule is O=C(O)CCC(Cc1ccccc1)NC(=O)NCC(=O)N1CCOCC1. The molecule has 1 saturated heterocycles. The topological polar surface area (TPSA) is 108 Å². The number of nitrogens with zero attached hydrogens (tertiary/aromatic N) is 1. The number of carboxylic acids is 1. The quantitative estimate of drug-likeness (QED) is 0.628. The van der Waals surface area contributed by atoms with Crippen molar-refractivity contribution in [3.63, 3.8) is 0 Å². The van der Waals surface area contributed by atoms with Gasteiger partial charge in [-0.05, 0) is 18.4 Å². The Kier molecular flexibility index (Phi) is 7.88. The minimum absolute atomic E-state index is 0.0372. The number of rotatable bonds is 8. The van der Waals surface area contributed by atoms with E-state index in [-0.39, 0.29) is 24.9 Å². The van der Waals surface area contributed by atoms with Crippen molar-refractivity contribution in [3.8, 4) is 0 Å². The third-order valence-electron chi connectivity index (χ3n) is 4.13. The van der Waals surface area contributed by atoms with Crippen LogP contribution < -0.4 is 10.6 Å². The molecule has 1 aromatic rings. The van der Waals surface area contributed by atoms with Crippen LogP contribution in [0.15, 0.2) is 30.3 Å². The Morgan fingerprint density at radius 3 is 2.50 bits per heavy atom. The van der Waals surface area contributed by atoms with Crippen molar-refractivity contribution in [2.45, 2.75) is 25.3 Å². The van der Waals surface area contributed by atoms with Crippen molar-refractivity contribution >= 4 is 17.9 Å². The van der Waals surface area contributed by atoms with Gasteiger partial charge in [0.05, 0.1) is 19.8 Å². The van der Waals surface area contributed by atoms with Crippen molar-refractivity contribution in [2.24, 2.45) is 0 Å². The Bertz CT molecular complexity index is 602. The zero-order chi connectivity index (χ0) is 18.8. The number of morpholine rings is 1. The lowest BCUT2D eigenvalue weighted by Gasteiger charge is -2.27. The van der Waals surface area contributed by atoms with Crippen molar-refractivity contribution in [3.05, 3.63) is 35.9 Å². The second-order valence-electron chi connectivity index (χ2n) is 6.14. The summed E-state index contributed by atoms with van der Waals surface area (Å²) in [6.45, 7) is 1.97. The fourth-order valence-corrected chi connectivity index (χ4v) is 2.74. The smallest absolute Gasteiger partial charge is 0.315 e. The van der Waals surface area contributed by atoms with Crippen LogP contribution in [-0.2, 0) is 20.7 Å². The largest absolute Gasteiger partial charge is 0.481 e. The molecule has 8 nitrogen and oxygen atoms in total. The van der Waals surface area contributed by atoms with Crippen LogP contribution in [0.5, 0.6) is 0 Å². The maximum atomic E-state index is 12.1. The molecule has 1 aromatic carbocycles. The van der Waals surface area contributed by atoms with E-state index in [2.05, 4.69) is 10.6 Å². The Balaban J connectivity index is 1.82. The first-order valence-electron chi connectivity index (χ1n) is 8.70. The van der Waals surface area contributed by atoms with E-state index in [1.807, 2.05) is 30.3 Å². The minimum Gasteiger partial charge on any atom is -0.481 e. The number of ether oxygens (including phenoxy) is 1. The molecule has 1 unspecified atom stereocenters.